The Hall–Kier alpha value is -1.86. The lowest BCUT2D eigenvalue weighted by Crippen LogP contribution is -2.41. The number of hydrogen-bond acceptors (Lipinski definition) is 5. The predicted molar refractivity (Wildman–Crippen MR) is 118 cm³/mol. The molecule has 1 aliphatic carbocycles. The number of hydrogen-bond donors (Lipinski definition) is 0. The number of esters is 1. The fraction of sp³-hybridized carbons (Fsp3) is 0.652. The van der Waals surface area contributed by atoms with E-state index in [9.17, 15) is 4.79 Å². The van der Waals surface area contributed by atoms with Gasteiger partial charge in [-0.2, -0.15) is 0 Å². The summed E-state index contributed by atoms with van der Waals surface area (Å²) in [6.45, 7) is 14.0. The zero-order valence-electron chi connectivity index (χ0n) is 19.5. The predicted octanol–water partition coefficient (Wildman–Crippen LogP) is 3.54. The van der Waals surface area contributed by atoms with Crippen LogP contribution < -0.4 is 5.59 Å². The number of pyridine rings is 1. The van der Waals surface area contributed by atoms with Crippen LogP contribution in [0.25, 0.3) is 10.9 Å². The van der Waals surface area contributed by atoms with E-state index < -0.39 is 18.1 Å². The molecule has 4 rings (SSSR count). The van der Waals surface area contributed by atoms with Gasteiger partial charge in [-0.05, 0) is 73.4 Å². The van der Waals surface area contributed by atoms with Crippen molar-refractivity contribution in [1.29, 1.82) is 0 Å². The smallest absolute Gasteiger partial charge is 0.460 e. The molecule has 2 aromatic rings. The highest BCUT2D eigenvalue weighted by Crippen LogP contribution is 2.50. The molecule has 1 saturated carbocycles. The normalized spacial score (nSPS) is 21.8. The number of ether oxygens (including phenoxy) is 1. The Labute approximate surface area is 179 Å². The van der Waals surface area contributed by atoms with Crippen molar-refractivity contribution in [2.24, 2.45) is 12.5 Å². The summed E-state index contributed by atoms with van der Waals surface area (Å²) in [6.07, 6.45) is 4.20. The van der Waals surface area contributed by atoms with Crippen molar-refractivity contribution in [3.05, 3.63) is 24.0 Å². The van der Waals surface area contributed by atoms with E-state index in [4.69, 9.17) is 14.0 Å². The van der Waals surface area contributed by atoms with Gasteiger partial charge in [-0.25, -0.2) is 0 Å². The number of carbonyl (C=O) groups excluding carboxylic acids is 1. The van der Waals surface area contributed by atoms with Gasteiger partial charge < -0.3 is 18.6 Å². The Morgan fingerprint density at radius 1 is 1.17 bits per heavy atom. The van der Waals surface area contributed by atoms with E-state index in [1.807, 2.05) is 34.0 Å². The van der Waals surface area contributed by atoms with Crippen LogP contribution in [-0.4, -0.2) is 39.4 Å². The molecule has 2 fully saturated rings. The second-order valence-electron chi connectivity index (χ2n) is 10.9. The summed E-state index contributed by atoms with van der Waals surface area (Å²) in [4.78, 5) is 17.3. The third-order valence-corrected chi connectivity index (χ3v) is 6.72. The maximum Gasteiger partial charge on any atom is 0.512 e. The van der Waals surface area contributed by atoms with Gasteiger partial charge in [0, 0.05) is 30.1 Å². The number of aryl methyl sites for hydroxylation is 1. The summed E-state index contributed by atoms with van der Waals surface area (Å²) in [5.74, 6) is -0.108. The number of aromatic nitrogens is 2. The third kappa shape index (κ3) is 3.67. The van der Waals surface area contributed by atoms with E-state index in [-0.39, 0.29) is 17.2 Å². The minimum atomic E-state index is -0.471. The van der Waals surface area contributed by atoms with Gasteiger partial charge in [-0.15, -0.1) is 0 Å². The molecule has 0 aromatic carbocycles. The van der Waals surface area contributed by atoms with Crippen LogP contribution in [0.2, 0.25) is 0 Å². The van der Waals surface area contributed by atoms with E-state index >= 15 is 0 Å². The van der Waals surface area contributed by atoms with Crippen molar-refractivity contribution in [2.75, 3.05) is 0 Å². The van der Waals surface area contributed by atoms with Crippen LogP contribution in [0.5, 0.6) is 0 Å². The Morgan fingerprint density at radius 3 is 2.30 bits per heavy atom. The van der Waals surface area contributed by atoms with Crippen LogP contribution in [0.1, 0.15) is 67.0 Å². The second kappa shape index (κ2) is 6.57. The van der Waals surface area contributed by atoms with E-state index in [0.29, 0.717) is 6.42 Å². The van der Waals surface area contributed by atoms with Gasteiger partial charge in [0.25, 0.3) is 0 Å². The van der Waals surface area contributed by atoms with Crippen molar-refractivity contribution < 1.29 is 18.8 Å². The largest absolute Gasteiger partial charge is 0.512 e. The summed E-state index contributed by atoms with van der Waals surface area (Å²) < 4.78 is 20.2. The molecular weight excluding hydrogens is 379 g/mol. The van der Waals surface area contributed by atoms with Gasteiger partial charge >= 0.3 is 13.1 Å². The van der Waals surface area contributed by atoms with Crippen LogP contribution in [0.4, 0.5) is 0 Å². The topological polar surface area (TPSA) is 62.6 Å². The van der Waals surface area contributed by atoms with Gasteiger partial charge in [0.05, 0.1) is 28.3 Å². The summed E-state index contributed by atoms with van der Waals surface area (Å²) in [5, 5.41) is 1.08. The first-order valence-corrected chi connectivity index (χ1v) is 10.8. The van der Waals surface area contributed by atoms with Crippen molar-refractivity contribution in [3.8, 4) is 0 Å². The first-order chi connectivity index (χ1) is 13.7. The minimum Gasteiger partial charge on any atom is -0.460 e. The summed E-state index contributed by atoms with van der Waals surface area (Å²) >= 11 is 0. The molecule has 6 nitrogen and oxygen atoms in total. The molecule has 0 atom stereocenters. The van der Waals surface area contributed by atoms with Gasteiger partial charge in [0.15, 0.2) is 0 Å². The molecule has 1 aliphatic heterocycles. The van der Waals surface area contributed by atoms with Crippen LogP contribution in [0, 0.1) is 5.41 Å². The molecule has 0 unspecified atom stereocenters. The fourth-order valence-electron chi connectivity index (χ4n) is 3.92. The Bertz CT molecular complexity index is 983. The van der Waals surface area contributed by atoms with Crippen molar-refractivity contribution in [1.82, 2.24) is 9.55 Å². The first-order valence-electron chi connectivity index (χ1n) is 10.8. The Kier molecular flexibility index (Phi) is 4.68. The molecule has 0 amide bonds. The zero-order chi connectivity index (χ0) is 22.1. The highest BCUT2D eigenvalue weighted by atomic mass is 16.7. The van der Waals surface area contributed by atoms with Crippen molar-refractivity contribution >= 4 is 29.6 Å². The molecule has 0 N–H and O–H groups in total. The molecule has 30 heavy (non-hydrogen) atoms. The molecule has 162 valence electrons. The number of fused-ring (bicyclic) bond motifs is 1. The van der Waals surface area contributed by atoms with E-state index in [2.05, 4.69) is 49.4 Å². The van der Waals surface area contributed by atoms with Crippen LogP contribution in [0.3, 0.4) is 0 Å². The average Bonchev–Trinajstić information content (AvgIpc) is 3.24. The standard InChI is InChI=1S/C23H33BN2O4/c1-20(2,3)28-19(27)23(9-10-23)13-16-11-15-12-18(26(8)17(15)14-25-16)24-29-21(4,5)22(6,7)30-24/h11-12,14H,9-10,13H2,1-8H3. The third-order valence-electron chi connectivity index (χ3n) is 6.72. The van der Waals surface area contributed by atoms with Crippen LogP contribution >= 0.6 is 0 Å². The number of nitrogens with zero attached hydrogens (tertiary/aromatic N) is 2. The fourth-order valence-corrected chi connectivity index (χ4v) is 3.92. The van der Waals surface area contributed by atoms with E-state index in [1.54, 1.807) is 0 Å². The summed E-state index contributed by atoms with van der Waals surface area (Å²) in [5.41, 5.74) is 1.24. The molecule has 0 radical (unpaired) electrons. The lowest BCUT2D eigenvalue weighted by molar-refractivity contribution is -0.161. The summed E-state index contributed by atoms with van der Waals surface area (Å²) in [6, 6.07) is 4.18. The maximum absolute atomic E-state index is 12.7. The van der Waals surface area contributed by atoms with Crippen LogP contribution in [0.15, 0.2) is 18.3 Å². The lowest BCUT2D eigenvalue weighted by atomic mass is 9.84. The van der Waals surface area contributed by atoms with Crippen molar-refractivity contribution in [3.63, 3.8) is 0 Å². The highest BCUT2D eigenvalue weighted by molar-refractivity contribution is 6.61. The molecule has 0 spiro atoms. The van der Waals surface area contributed by atoms with Gasteiger partial charge in [0.1, 0.15) is 5.60 Å². The molecule has 2 aromatic heterocycles. The molecular formula is C23H33BN2O4. The molecule has 0 bridgehead atoms. The molecule has 3 heterocycles. The van der Waals surface area contributed by atoms with Crippen LogP contribution in [-0.2, 0) is 32.3 Å². The molecule has 2 aliphatic rings. The zero-order valence-corrected chi connectivity index (χ0v) is 19.5. The quantitative estimate of drug-likeness (QED) is 0.568. The first kappa shape index (κ1) is 21.4. The Balaban J connectivity index is 1.58. The average molecular weight is 412 g/mol. The number of carbonyl (C=O) groups is 1. The number of rotatable bonds is 4. The molecule has 7 heteroatoms. The van der Waals surface area contributed by atoms with Crippen molar-refractivity contribution in [2.45, 2.75) is 84.5 Å². The van der Waals surface area contributed by atoms with Gasteiger partial charge in [-0.3, -0.25) is 9.78 Å². The van der Waals surface area contributed by atoms with E-state index in [1.165, 1.54) is 0 Å². The maximum atomic E-state index is 12.7. The summed E-state index contributed by atoms with van der Waals surface area (Å²) in [7, 11) is 1.58. The highest BCUT2D eigenvalue weighted by Gasteiger charge is 2.53. The van der Waals surface area contributed by atoms with Gasteiger partial charge in [0.2, 0.25) is 0 Å². The lowest BCUT2D eigenvalue weighted by Gasteiger charge is -2.32. The van der Waals surface area contributed by atoms with Gasteiger partial charge in [-0.1, -0.05) is 0 Å². The SMILES string of the molecule is Cn1c(B2OC(C)(C)C(C)(C)O2)cc2cc(CC3(C(=O)OC(C)(C)C)CC3)ncc21. The van der Waals surface area contributed by atoms with E-state index in [0.717, 1.165) is 35.0 Å². The second-order valence-corrected chi connectivity index (χ2v) is 10.9. The monoisotopic (exact) mass is 412 g/mol. The molecule has 1 saturated heterocycles. The minimum absolute atomic E-state index is 0.108. The Morgan fingerprint density at radius 2 is 1.77 bits per heavy atom.